The average molecular weight is 452 g/mol. The fraction of sp³-hybridized carbons (Fsp3) is 0.500. The average Bonchev–Trinajstić information content (AvgIpc) is 2.81. The summed E-state index contributed by atoms with van der Waals surface area (Å²) < 4.78 is 0. The number of carbonyl (C=O) groups excluding carboxylic acids is 2. The summed E-state index contributed by atoms with van der Waals surface area (Å²) in [4.78, 5) is 25.9. The smallest absolute Gasteiger partial charge is 0.225 e. The van der Waals surface area contributed by atoms with Crippen LogP contribution in [0.2, 0.25) is 0 Å². The van der Waals surface area contributed by atoms with Gasteiger partial charge in [0.2, 0.25) is 5.91 Å². The highest BCUT2D eigenvalue weighted by atomic mass is 16.4. The highest BCUT2D eigenvalue weighted by Crippen LogP contribution is 2.39. The van der Waals surface area contributed by atoms with Crippen molar-refractivity contribution in [1.82, 2.24) is 10.2 Å². The molecule has 1 saturated heterocycles. The minimum Gasteiger partial charge on any atom is -0.548 e. The number of nitrogens with zero attached hydrogens (tertiary/aromatic N) is 1. The van der Waals surface area contributed by atoms with Crippen molar-refractivity contribution in [2.45, 2.75) is 52.9 Å². The van der Waals surface area contributed by atoms with Gasteiger partial charge in [0.05, 0.1) is 18.4 Å². The van der Waals surface area contributed by atoms with Crippen molar-refractivity contribution >= 4 is 11.9 Å². The van der Waals surface area contributed by atoms with Gasteiger partial charge >= 0.3 is 0 Å². The molecule has 1 heterocycles. The Morgan fingerprint density at radius 3 is 2.45 bits per heavy atom. The van der Waals surface area contributed by atoms with Crippen molar-refractivity contribution in [1.29, 1.82) is 0 Å². The van der Waals surface area contributed by atoms with E-state index in [0.717, 1.165) is 25.1 Å². The van der Waals surface area contributed by atoms with E-state index in [4.69, 9.17) is 0 Å². The maximum atomic E-state index is 12.8. The van der Waals surface area contributed by atoms with Crippen LogP contribution in [0.1, 0.15) is 50.8 Å². The van der Waals surface area contributed by atoms with Crippen LogP contribution in [0.5, 0.6) is 0 Å². The van der Waals surface area contributed by atoms with Gasteiger partial charge in [-0.2, -0.15) is 0 Å². The summed E-state index contributed by atoms with van der Waals surface area (Å²) in [6.07, 6.45) is 1.61. The minimum absolute atomic E-state index is 0.106. The van der Waals surface area contributed by atoms with Gasteiger partial charge in [-0.15, -0.1) is 0 Å². The number of hydrogen-bond acceptors (Lipinski definition) is 4. The normalized spacial score (nSPS) is 21.4. The number of likely N-dealkylation sites (tertiary alicyclic amines) is 1. The van der Waals surface area contributed by atoms with E-state index in [1.165, 1.54) is 11.1 Å². The van der Waals surface area contributed by atoms with Crippen LogP contribution in [0.25, 0.3) is 0 Å². The Kier molecular flexibility index (Phi) is 10.1. The summed E-state index contributed by atoms with van der Waals surface area (Å²) in [5.74, 6) is -1.37. The molecule has 2 aromatic carbocycles. The van der Waals surface area contributed by atoms with E-state index in [-0.39, 0.29) is 17.2 Å². The molecule has 1 aliphatic heterocycles. The summed E-state index contributed by atoms with van der Waals surface area (Å²) in [5.41, 5.74) is 3.84. The van der Waals surface area contributed by atoms with Crippen molar-refractivity contribution in [3.8, 4) is 0 Å². The quantitative estimate of drug-likeness (QED) is 0.668. The SMILES string of the molecule is CC.Cc1cccc([C@]2(C)CCN(C[C@@H](Cc3ccccc3)C(=O)NCC(=O)[O-])C[C@@H]2C)c1. The first-order valence-electron chi connectivity index (χ1n) is 12.1. The monoisotopic (exact) mass is 451 g/mol. The number of carboxylic acids is 1. The Bertz CT molecular complexity index is 899. The minimum atomic E-state index is -1.27. The number of amides is 1. The first kappa shape index (κ1) is 26.6. The number of rotatable bonds is 8. The number of carbonyl (C=O) groups is 2. The number of benzene rings is 2. The van der Waals surface area contributed by atoms with E-state index in [1.54, 1.807) is 0 Å². The van der Waals surface area contributed by atoms with Gasteiger partial charge < -0.3 is 20.1 Å². The van der Waals surface area contributed by atoms with Gasteiger partial charge in [0.25, 0.3) is 0 Å². The summed E-state index contributed by atoms with van der Waals surface area (Å²) in [6.45, 7) is 12.7. The molecule has 5 heteroatoms. The molecule has 1 N–H and O–H groups in total. The second kappa shape index (κ2) is 12.5. The Morgan fingerprint density at radius 1 is 1.15 bits per heavy atom. The molecular formula is C28H39N2O3-. The topological polar surface area (TPSA) is 72.5 Å². The molecule has 0 unspecified atom stereocenters. The molecule has 0 saturated carbocycles. The molecule has 3 atom stereocenters. The van der Waals surface area contributed by atoms with Gasteiger partial charge in [-0.1, -0.05) is 87.9 Å². The van der Waals surface area contributed by atoms with Gasteiger partial charge in [0, 0.05) is 13.1 Å². The molecule has 33 heavy (non-hydrogen) atoms. The zero-order valence-corrected chi connectivity index (χ0v) is 20.8. The zero-order valence-electron chi connectivity index (χ0n) is 20.8. The van der Waals surface area contributed by atoms with Crippen LogP contribution in [0.15, 0.2) is 54.6 Å². The predicted molar refractivity (Wildman–Crippen MR) is 132 cm³/mol. The lowest BCUT2D eigenvalue weighted by Gasteiger charge is -2.46. The third-order valence-corrected chi connectivity index (χ3v) is 6.83. The van der Waals surface area contributed by atoms with Crippen molar-refractivity contribution in [2.24, 2.45) is 11.8 Å². The van der Waals surface area contributed by atoms with Crippen LogP contribution >= 0.6 is 0 Å². The fourth-order valence-electron chi connectivity index (χ4n) is 4.67. The molecule has 0 spiro atoms. The van der Waals surface area contributed by atoms with Crippen molar-refractivity contribution in [3.63, 3.8) is 0 Å². The maximum absolute atomic E-state index is 12.8. The van der Waals surface area contributed by atoms with Crippen molar-refractivity contribution < 1.29 is 14.7 Å². The molecule has 0 bridgehead atoms. The van der Waals surface area contributed by atoms with Gasteiger partial charge in [-0.05, 0) is 48.8 Å². The number of carboxylic acid groups (broad SMARTS) is 1. The predicted octanol–water partition coefficient (Wildman–Crippen LogP) is 3.35. The van der Waals surface area contributed by atoms with E-state index in [1.807, 2.05) is 44.2 Å². The molecular weight excluding hydrogens is 412 g/mol. The van der Waals surface area contributed by atoms with Crippen LogP contribution in [-0.2, 0) is 21.4 Å². The third kappa shape index (κ3) is 7.43. The molecule has 0 aliphatic carbocycles. The van der Waals surface area contributed by atoms with E-state index in [9.17, 15) is 14.7 Å². The zero-order chi connectivity index (χ0) is 24.4. The summed E-state index contributed by atoms with van der Waals surface area (Å²) >= 11 is 0. The fourth-order valence-corrected chi connectivity index (χ4v) is 4.67. The van der Waals surface area contributed by atoms with Crippen LogP contribution in [0.4, 0.5) is 0 Å². The molecule has 0 aromatic heterocycles. The molecule has 3 rings (SSSR count). The summed E-state index contributed by atoms with van der Waals surface area (Å²) in [7, 11) is 0. The lowest BCUT2D eigenvalue weighted by molar-refractivity contribution is -0.304. The Balaban J connectivity index is 0.00000187. The largest absolute Gasteiger partial charge is 0.548 e. The molecule has 5 nitrogen and oxygen atoms in total. The molecule has 180 valence electrons. The lowest BCUT2D eigenvalue weighted by Crippen LogP contribution is -2.50. The van der Waals surface area contributed by atoms with Gasteiger partial charge in [0.1, 0.15) is 0 Å². The Morgan fingerprint density at radius 2 is 1.85 bits per heavy atom. The standard InChI is InChI=1S/C26H34N2O3.C2H6/c1-19-8-7-11-23(14-19)26(3)12-13-28(17-20(26)2)18-22(25(31)27-16-24(29)30)15-21-9-5-4-6-10-21;1-2/h4-11,14,20,22H,12-13,15-18H2,1-3H3,(H,27,31)(H,29,30);1-2H3/p-1/t20-,22+,26+;/m0./s1. The van der Waals surface area contributed by atoms with E-state index < -0.39 is 12.5 Å². The highest BCUT2D eigenvalue weighted by molar-refractivity contribution is 5.82. The molecule has 1 aliphatic rings. The maximum Gasteiger partial charge on any atom is 0.225 e. The third-order valence-electron chi connectivity index (χ3n) is 6.83. The van der Waals surface area contributed by atoms with Crippen LogP contribution in [0.3, 0.4) is 0 Å². The number of nitrogens with one attached hydrogen (secondary N) is 1. The molecule has 0 radical (unpaired) electrons. The first-order chi connectivity index (χ1) is 15.8. The first-order valence-corrected chi connectivity index (χ1v) is 12.1. The van der Waals surface area contributed by atoms with Crippen molar-refractivity contribution in [2.75, 3.05) is 26.2 Å². The Hall–Kier alpha value is -2.66. The number of piperidine rings is 1. The molecule has 1 amide bonds. The van der Waals surface area contributed by atoms with Gasteiger partial charge in [-0.25, -0.2) is 0 Å². The van der Waals surface area contributed by atoms with E-state index >= 15 is 0 Å². The van der Waals surface area contributed by atoms with Gasteiger partial charge in [-0.3, -0.25) is 4.79 Å². The van der Waals surface area contributed by atoms with E-state index in [0.29, 0.717) is 18.9 Å². The molecule has 2 aromatic rings. The van der Waals surface area contributed by atoms with Gasteiger partial charge in [0.15, 0.2) is 0 Å². The number of hydrogen-bond donors (Lipinski definition) is 1. The summed E-state index contributed by atoms with van der Waals surface area (Å²) in [5, 5.41) is 13.3. The molecule has 1 fully saturated rings. The van der Waals surface area contributed by atoms with E-state index in [2.05, 4.69) is 55.3 Å². The van der Waals surface area contributed by atoms with Crippen LogP contribution in [-0.4, -0.2) is 43.0 Å². The highest BCUT2D eigenvalue weighted by Gasteiger charge is 2.38. The van der Waals surface area contributed by atoms with Crippen LogP contribution < -0.4 is 10.4 Å². The van der Waals surface area contributed by atoms with Crippen LogP contribution in [0, 0.1) is 18.8 Å². The lowest BCUT2D eigenvalue weighted by atomic mass is 9.67. The second-order valence-electron chi connectivity index (χ2n) is 9.17. The number of aryl methyl sites for hydroxylation is 1. The second-order valence-corrected chi connectivity index (χ2v) is 9.17. The van der Waals surface area contributed by atoms with Crippen molar-refractivity contribution in [3.05, 3.63) is 71.3 Å². The number of aliphatic carboxylic acids is 1. The summed E-state index contributed by atoms with van der Waals surface area (Å²) in [6, 6.07) is 18.7. The Labute approximate surface area is 199 Å².